The van der Waals surface area contributed by atoms with E-state index in [0.717, 1.165) is 49.2 Å². The van der Waals surface area contributed by atoms with Gasteiger partial charge in [-0.3, -0.25) is 14.6 Å². The van der Waals surface area contributed by atoms with Crippen LogP contribution in [0.15, 0.2) is 35.4 Å². The number of nitrogens with one attached hydrogen (secondary N) is 1. The van der Waals surface area contributed by atoms with Crippen LogP contribution >= 0.6 is 0 Å². The molecule has 14 heteroatoms. The lowest BCUT2D eigenvalue weighted by Crippen LogP contribution is -2.71. The number of nitrogens with zero attached hydrogens (tertiary/aromatic N) is 3. The Bertz CT molecular complexity index is 2280. The molecule has 0 aromatic heterocycles. The summed E-state index contributed by atoms with van der Waals surface area (Å²) in [6.07, 6.45) is 7.69. The Balaban J connectivity index is 1.07. The molecular formula is C45H54N4O10. The number of rotatable bonds is 8. The third-order valence-electron chi connectivity index (χ3n) is 17.1. The van der Waals surface area contributed by atoms with Gasteiger partial charge in [0.15, 0.2) is 23.0 Å². The van der Waals surface area contributed by atoms with Crippen LogP contribution in [0.4, 0.5) is 11.4 Å². The largest absolute Gasteiger partial charge is 0.494 e. The molecule has 59 heavy (non-hydrogen) atoms. The quantitative estimate of drug-likeness (QED) is 0.384. The number of allylic oxidation sites excluding steroid dienone is 1. The summed E-state index contributed by atoms with van der Waals surface area (Å²) in [5.74, 6) is 3.25. The number of benzene rings is 2. The maximum absolute atomic E-state index is 14.9. The van der Waals surface area contributed by atoms with Crippen molar-refractivity contribution >= 4 is 17.3 Å². The van der Waals surface area contributed by atoms with Crippen LogP contribution in [0.25, 0.3) is 0 Å². The van der Waals surface area contributed by atoms with Gasteiger partial charge in [0.2, 0.25) is 5.91 Å². The van der Waals surface area contributed by atoms with Crippen molar-refractivity contribution in [3.63, 3.8) is 0 Å². The molecule has 2 aromatic rings. The number of piperidine rings is 6. The minimum absolute atomic E-state index is 0.0235. The normalized spacial score (nSPS) is 43.0. The van der Waals surface area contributed by atoms with E-state index < -0.39 is 22.3 Å². The van der Waals surface area contributed by atoms with Crippen molar-refractivity contribution in [2.45, 2.75) is 79.1 Å². The molecule has 314 valence electrons. The first-order chi connectivity index (χ1) is 28.7. The third kappa shape index (κ3) is 3.84. The van der Waals surface area contributed by atoms with E-state index in [0.29, 0.717) is 84.2 Å². The second kappa shape index (κ2) is 12.0. The summed E-state index contributed by atoms with van der Waals surface area (Å²) in [7, 11) is 11.8. The number of carbonyl (C=O) groups excluding carboxylic acids is 1. The first-order valence-corrected chi connectivity index (χ1v) is 21.1. The summed E-state index contributed by atoms with van der Waals surface area (Å²) in [4.78, 5) is 22.7. The van der Waals surface area contributed by atoms with E-state index in [2.05, 4.69) is 39.1 Å². The van der Waals surface area contributed by atoms with Crippen molar-refractivity contribution in [3.05, 3.63) is 46.6 Å². The number of carbonyl (C=O) groups is 1. The predicted molar refractivity (Wildman–Crippen MR) is 215 cm³/mol. The molecule has 10 saturated heterocycles. The molecule has 0 saturated carbocycles. The van der Waals surface area contributed by atoms with Gasteiger partial charge < -0.3 is 52.8 Å². The highest BCUT2D eigenvalue weighted by Gasteiger charge is 2.85. The number of amides is 1. The van der Waals surface area contributed by atoms with E-state index in [1.807, 2.05) is 6.07 Å². The average Bonchev–Trinajstić information content (AvgIpc) is 3.95. The first-order valence-electron chi connectivity index (χ1n) is 21.1. The Labute approximate surface area is 344 Å². The van der Waals surface area contributed by atoms with Crippen LogP contribution in [-0.2, 0) is 29.8 Å². The lowest BCUT2D eigenvalue weighted by Gasteiger charge is -2.59. The Morgan fingerprint density at radius 2 is 1.53 bits per heavy atom. The summed E-state index contributed by atoms with van der Waals surface area (Å²) in [5.41, 5.74) is 3.99. The van der Waals surface area contributed by atoms with Gasteiger partial charge >= 0.3 is 0 Å². The molecular weight excluding hydrogens is 757 g/mol. The Kier molecular flexibility index (Phi) is 7.45. The second-order valence-corrected chi connectivity index (χ2v) is 18.3. The minimum Gasteiger partial charge on any atom is -0.494 e. The van der Waals surface area contributed by atoms with Gasteiger partial charge in [0, 0.05) is 79.5 Å². The average molecular weight is 811 g/mol. The number of ether oxygens (including phenoxy) is 9. The van der Waals surface area contributed by atoms with Crippen LogP contribution in [0.5, 0.6) is 34.5 Å². The lowest BCUT2D eigenvalue weighted by atomic mass is 9.65. The van der Waals surface area contributed by atoms with Gasteiger partial charge in [-0.05, 0) is 38.5 Å². The molecule has 2 aromatic carbocycles. The van der Waals surface area contributed by atoms with Crippen LogP contribution in [0, 0.1) is 17.8 Å². The van der Waals surface area contributed by atoms with Crippen molar-refractivity contribution in [1.29, 1.82) is 0 Å². The van der Waals surface area contributed by atoms with Crippen molar-refractivity contribution in [1.82, 2.24) is 9.80 Å². The van der Waals surface area contributed by atoms with E-state index in [-0.39, 0.29) is 30.0 Å². The zero-order valence-electron chi connectivity index (χ0n) is 35.1. The SMILES string of the molecule is C/C=C1\CN2C3CC1C1(CN4c5c(OC)cc(OC)c(OC)c5C56CC7C(COC45O1)C1CC6N7C/C1=C\COC)C2CC31C(=O)Nc2c(OC)cc(OC)c(OC)c21. The number of hydrogen-bond donors (Lipinski definition) is 1. The van der Waals surface area contributed by atoms with Gasteiger partial charge in [-0.15, -0.1) is 0 Å². The number of fused-ring (bicyclic) bond motifs is 6. The first kappa shape index (κ1) is 36.6. The molecule has 14 rings (SSSR count). The summed E-state index contributed by atoms with van der Waals surface area (Å²) < 4.78 is 58.3. The van der Waals surface area contributed by atoms with Gasteiger partial charge in [-0.2, -0.15) is 0 Å². The van der Waals surface area contributed by atoms with Crippen molar-refractivity contribution in [2.24, 2.45) is 17.8 Å². The second-order valence-electron chi connectivity index (χ2n) is 18.3. The van der Waals surface area contributed by atoms with Crippen molar-refractivity contribution < 1.29 is 47.4 Å². The Hall–Kier alpha value is -4.21. The van der Waals surface area contributed by atoms with E-state index in [4.69, 9.17) is 42.6 Å². The molecule has 4 spiro atoms. The van der Waals surface area contributed by atoms with Gasteiger partial charge in [0.25, 0.3) is 5.91 Å². The molecule has 12 aliphatic rings. The van der Waals surface area contributed by atoms with Crippen LogP contribution in [0.2, 0.25) is 0 Å². The van der Waals surface area contributed by atoms with Crippen LogP contribution in [-0.4, -0.2) is 134 Å². The fourth-order valence-electron chi connectivity index (χ4n) is 15.1. The zero-order valence-corrected chi connectivity index (χ0v) is 35.1. The Morgan fingerprint density at radius 1 is 0.814 bits per heavy atom. The summed E-state index contributed by atoms with van der Waals surface area (Å²) >= 11 is 0. The van der Waals surface area contributed by atoms with Gasteiger partial charge in [-0.25, -0.2) is 0 Å². The Morgan fingerprint density at radius 3 is 2.22 bits per heavy atom. The molecule has 13 atom stereocenters. The molecule has 14 nitrogen and oxygen atoms in total. The van der Waals surface area contributed by atoms with E-state index in [1.54, 1.807) is 55.8 Å². The van der Waals surface area contributed by atoms with Crippen LogP contribution < -0.4 is 38.6 Å². The molecule has 0 radical (unpaired) electrons. The summed E-state index contributed by atoms with van der Waals surface area (Å²) in [6, 6.07) is 3.95. The number of hydrogen-bond acceptors (Lipinski definition) is 13. The fourth-order valence-corrected chi connectivity index (χ4v) is 15.1. The maximum Gasteiger partial charge on any atom is 0.264 e. The van der Waals surface area contributed by atoms with Crippen LogP contribution in [0.3, 0.4) is 0 Å². The predicted octanol–water partition coefficient (Wildman–Crippen LogP) is 4.23. The topological polar surface area (TPSA) is 122 Å². The minimum atomic E-state index is -1.17. The van der Waals surface area contributed by atoms with Crippen LogP contribution in [0.1, 0.15) is 43.7 Å². The van der Waals surface area contributed by atoms with Gasteiger partial charge in [0.1, 0.15) is 17.1 Å². The highest BCUT2D eigenvalue weighted by Crippen LogP contribution is 2.77. The number of methoxy groups -OCH3 is 7. The molecule has 1 N–H and O–H groups in total. The molecule has 13 unspecified atom stereocenters. The fraction of sp³-hybridized carbons (Fsp3) is 0.622. The van der Waals surface area contributed by atoms with E-state index in [9.17, 15) is 4.79 Å². The maximum atomic E-state index is 14.9. The molecule has 12 heterocycles. The molecule has 1 amide bonds. The lowest BCUT2D eigenvalue weighted by molar-refractivity contribution is -0.318. The molecule has 12 aliphatic heterocycles. The third-order valence-corrected chi connectivity index (χ3v) is 17.1. The standard InChI is InChI=1S/C45H54N4O10/c1-9-22-18-48-32-13-26(22)44(34(48)17-42(32)35-37(46-41(42)50)28(52-3)14-30(54-5)39(35)56-7)21-49-38-29(53-4)15-31(55-6)40(57-8)36(38)43-16-27-25(20-58-45(43,49)59-44)24-12-33(43)47(27)19-23(24)10-11-51-2/h9-10,14-15,24-27,32-34H,11-13,16-21H2,1-8H3,(H,46,50)/b22-9+,23-10+. The van der Waals surface area contributed by atoms with E-state index in [1.165, 1.54) is 11.1 Å². The van der Waals surface area contributed by atoms with Gasteiger partial charge in [0.05, 0.1) is 84.6 Å². The highest BCUT2D eigenvalue weighted by atomic mass is 16.7. The summed E-state index contributed by atoms with van der Waals surface area (Å²) in [5, 5.41) is 3.29. The molecule has 10 fully saturated rings. The molecule has 9 bridgehead atoms. The van der Waals surface area contributed by atoms with E-state index >= 15 is 0 Å². The summed E-state index contributed by atoms with van der Waals surface area (Å²) in [6.45, 7) is 5.52. The number of anilines is 2. The van der Waals surface area contributed by atoms with Crippen molar-refractivity contribution in [2.75, 3.05) is 92.8 Å². The monoisotopic (exact) mass is 810 g/mol. The highest BCUT2D eigenvalue weighted by molar-refractivity contribution is 6.10. The van der Waals surface area contributed by atoms with Gasteiger partial charge in [-0.1, -0.05) is 23.3 Å². The van der Waals surface area contributed by atoms with Crippen molar-refractivity contribution in [3.8, 4) is 34.5 Å². The smallest absolute Gasteiger partial charge is 0.264 e. The molecule has 0 aliphatic carbocycles. The zero-order chi connectivity index (χ0) is 40.5.